The molecule has 0 radical (unpaired) electrons. The average Bonchev–Trinajstić information content (AvgIpc) is 3.45. The molecule has 0 bridgehead atoms. The summed E-state index contributed by atoms with van der Waals surface area (Å²) in [6.45, 7) is 1.35. The quantitative estimate of drug-likeness (QED) is 0.508. The molecule has 1 saturated carbocycles. The Morgan fingerprint density at radius 3 is 2.87 bits per heavy atom. The zero-order chi connectivity index (χ0) is 21.1. The summed E-state index contributed by atoms with van der Waals surface area (Å²) in [5.41, 5.74) is 15.1. The third kappa shape index (κ3) is 3.04. The van der Waals surface area contributed by atoms with Crippen molar-refractivity contribution in [2.75, 3.05) is 12.3 Å². The van der Waals surface area contributed by atoms with Gasteiger partial charge in [-0.1, -0.05) is 0 Å². The van der Waals surface area contributed by atoms with Gasteiger partial charge in [0.1, 0.15) is 28.4 Å². The van der Waals surface area contributed by atoms with Crippen molar-refractivity contribution >= 4 is 34.1 Å². The number of ether oxygens (including phenoxy) is 2. The number of benzene rings is 2. The predicted molar refractivity (Wildman–Crippen MR) is 114 cm³/mol. The van der Waals surface area contributed by atoms with Crippen LogP contribution < -0.4 is 20.9 Å². The van der Waals surface area contributed by atoms with Crippen molar-refractivity contribution in [3.8, 4) is 22.9 Å². The largest absolute Gasteiger partial charge is 0.491 e. The van der Waals surface area contributed by atoms with Crippen LogP contribution in [-0.4, -0.2) is 33.2 Å². The molecule has 1 aliphatic carbocycles. The first kappa shape index (κ1) is 18.1. The van der Waals surface area contributed by atoms with E-state index in [-0.39, 0.29) is 11.9 Å². The second kappa shape index (κ2) is 6.63. The van der Waals surface area contributed by atoms with Gasteiger partial charge < -0.3 is 29.9 Å². The van der Waals surface area contributed by atoms with E-state index in [0.29, 0.717) is 29.2 Å². The molecule has 2 aliphatic rings. The number of primary amides is 1. The molecule has 1 aliphatic heterocycles. The number of nitrogens with two attached hydrogens (primary N) is 2. The lowest BCUT2D eigenvalue weighted by molar-refractivity contribution is -0.125. The maximum atomic E-state index is 11.8. The summed E-state index contributed by atoms with van der Waals surface area (Å²) in [5, 5.41) is 0. The second-order valence-corrected chi connectivity index (χ2v) is 8.09. The average molecular weight is 419 g/mol. The number of hydrogen-bond donors (Lipinski definition) is 2. The van der Waals surface area contributed by atoms with Crippen molar-refractivity contribution in [1.29, 1.82) is 0 Å². The van der Waals surface area contributed by atoms with Crippen LogP contribution in [0, 0.1) is 5.92 Å². The summed E-state index contributed by atoms with van der Waals surface area (Å²) < 4.78 is 19.5. The van der Waals surface area contributed by atoms with Crippen molar-refractivity contribution in [2.24, 2.45) is 11.7 Å². The highest BCUT2D eigenvalue weighted by Crippen LogP contribution is 2.39. The van der Waals surface area contributed by atoms with E-state index in [1.54, 1.807) is 0 Å². The number of fused-ring (bicyclic) bond motifs is 1. The maximum Gasteiger partial charge on any atom is 0.292 e. The highest BCUT2D eigenvalue weighted by Gasteiger charge is 2.37. The molecule has 1 fully saturated rings. The number of rotatable bonds is 5. The van der Waals surface area contributed by atoms with Gasteiger partial charge in [-0.05, 0) is 37.5 Å². The molecule has 31 heavy (non-hydrogen) atoms. The summed E-state index contributed by atoms with van der Waals surface area (Å²) in [6, 6.07) is 9.51. The molecule has 3 heterocycles. The minimum absolute atomic E-state index is 0.135. The smallest absolute Gasteiger partial charge is 0.292 e. The van der Waals surface area contributed by atoms with Gasteiger partial charge in [-0.25, -0.2) is 4.98 Å². The first-order valence-corrected chi connectivity index (χ1v) is 10.4. The van der Waals surface area contributed by atoms with Gasteiger partial charge in [0.05, 0.1) is 12.1 Å². The first-order valence-electron chi connectivity index (χ1n) is 10.4. The van der Waals surface area contributed by atoms with Crippen LogP contribution in [0.4, 0.5) is 6.01 Å². The Bertz CT molecular complexity index is 1340. The number of oxazole rings is 1. The van der Waals surface area contributed by atoms with Gasteiger partial charge >= 0.3 is 0 Å². The maximum absolute atomic E-state index is 11.8. The Kier molecular flexibility index (Phi) is 3.86. The number of aryl methyl sites for hydroxylation is 1. The Hall–Kier alpha value is -3.75. The van der Waals surface area contributed by atoms with E-state index < -0.39 is 12.0 Å². The van der Waals surface area contributed by atoms with Crippen molar-refractivity contribution in [3.63, 3.8) is 0 Å². The van der Waals surface area contributed by atoms with Crippen LogP contribution in [0.15, 0.2) is 34.7 Å². The number of amides is 1. The van der Waals surface area contributed by atoms with Crippen LogP contribution >= 0.6 is 0 Å². The lowest BCUT2D eigenvalue weighted by atomic mass is 10.2. The van der Waals surface area contributed by atoms with Crippen LogP contribution in [-0.2, 0) is 11.3 Å². The lowest BCUT2D eigenvalue weighted by Crippen LogP contribution is -2.35. The van der Waals surface area contributed by atoms with Crippen molar-refractivity contribution < 1.29 is 18.7 Å². The van der Waals surface area contributed by atoms with Crippen LogP contribution in [0.1, 0.15) is 19.3 Å². The molecule has 9 nitrogen and oxygen atoms in total. The highest BCUT2D eigenvalue weighted by molar-refractivity contribution is 5.89. The molecule has 2 aromatic carbocycles. The fourth-order valence-corrected chi connectivity index (χ4v) is 4.24. The number of carbonyl (C=O) groups is 1. The van der Waals surface area contributed by atoms with Crippen molar-refractivity contribution in [3.05, 3.63) is 30.3 Å². The van der Waals surface area contributed by atoms with E-state index in [4.69, 9.17) is 30.3 Å². The highest BCUT2D eigenvalue weighted by atomic mass is 16.5. The first-order chi connectivity index (χ1) is 15.1. The monoisotopic (exact) mass is 419 g/mol. The van der Waals surface area contributed by atoms with Crippen LogP contribution in [0.5, 0.6) is 11.5 Å². The number of imidazole rings is 1. The molecule has 1 atom stereocenters. The van der Waals surface area contributed by atoms with E-state index in [0.717, 1.165) is 48.2 Å². The number of anilines is 1. The predicted octanol–water partition coefficient (Wildman–Crippen LogP) is 2.85. The number of aromatic nitrogens is 3. The molecule has 0 unspecified atom stereocenters. The fraction of sp³-hybridized carbons (Fsp3) is 0.318. The van der Waals surface area contributed by atoms with Gasteiger partial charge in [-0.2, -0.15) is 4.98 Å². The molecule has 9 heteroatoms. The van der Waals surface area contributed by atoms with Crippen molar-refractivity contribution in [2.45, 2.75) is 31.9 Å². The van der Waals surface area contributed by atoms with Crippen LogP contribution in [0.3, 0.4) is 0 Å². The number of nitrogens with zero attached hydrogens (tertiary/aromatic N) is 3. The fourth-order valence-electron chi connectivity index (χ4n) is 4.24. The third-order valence-electron chi connectivity index (χ3n) is 5.82. The summed E-state index contributed by atoms with van der Waals surface area (Å²) >= 11 is 0. The number of carbonyl (C=O) groups excluding carboxylic acids is 1. The van der Waals surface area contributed by atoms with Gasteiger partial charge in [0, 0.05) is 30.2 Å². The minimum Gasteiger partial charge on any atom is -0.491 e. The van der Waals surface area contributed by atoms with E-state index >= 15 is 0 Å². The molecule has 0 spiro atoms. The molecule has 0 saturated heterocycles. The van der Waals surface area contributed by atoms with Gasteiger partial charge in [-0.15, -0.1) is 0 Å². The molecule has 158 valence electrons. The zero-order valence-electron chi connectivity index (χ0n) is 16.7. The summed E-state index contributed by atoms with van der Waals surface area (Å²) in [5.74, 6) is 1.77. The minimum atomic E-state index is -0.628. The molecule has 6 rings (SSSR count). The van der Waals surface area contributed by atoms with Gasteiger partial charge in [0.25, 0.3) is 11.9 Å². The van der Waals surface area contributed by atoms with Crippen molar-refractivity contribution in [1.82, 2.24) is 14.5 Å². The van der Waals surface area contributed by atoms with E-state index in [9.17, 15) is 4.79 Å². The zero-order valence-corrected chi connectivity index (χ0v) is 16.7. The Morgan fingerprint density at radius 2 is 2.06 bits per heavy atom. The second-order valence-electron chi connectivity index (χ2n) is 8.09. The molecule has 4 N–H and O–H groups in total. The summed E-state index contributed by atoms with van der Waals surface area (Å²) in [7, 11) is 0. The topological polar surface area (TPSA) is 131 Å². The molecular formula is C22H21N5O4. The van der Waals surface area contributed by atoms with E-state index in [2.05, 4.69) is 9.55 Å². The number of nitrogen functional groups attached to an aromatic ring is 1. The molecule has 1 amide bonds. The normalized spacial score (nSPS) is 16.8. The molecule has 4 aromatic rings. The lowest BCUT2D eigenvalue weighted by Gasteiger charge is -2.16. The summed E-state index contributed by atoms with van der Waals surface area (Å²) in [6.07, 6.45) is 2.12. The van der Waals surface area contributed by atoms with Crippen LogP contribution in [0.25, 0.3) is 33.5 Å². The third-order valence-corrected chi connectivity index (χ3v) is 5.82. The van der Waals surface area contributed by atoms with Gasteiger partial charge in [0.15, 0.2) is 11.7 Å². The van der Waals surface area contributed by atoms with Gasteiger partial charge in [0.2, 0.25) is 0 Å². The van der Waals surface area contributed by atoms with E-state index in [1.165, 1.54) is 0 Å². The molecule has 2 aromatic heterocycles. The number of hydrogen-bond acceptors (Lipinski definition) is 7. The van der Waals surface area contributed by atoms with Gasteiger partial charge in [-0.3, -0.25) is 4.79 Å². The Labute approximate surface area is 176 Å². The summed E-state index contributed by atoms with van der Waals surface area (Å²) in [4.78, 5) is 21.0. The standard InChI is InChI=1S/C22H21N5O4/c23-20(28)19(11-2-3-11)30-13-9-15-18-17(10-13)29-7-1-6-27(18)21(25-15)12-4-5-16-14(8-12)26-22(24)31-16/h4-5,8-11,19H,1-3,6-7H2,(H2,23,28)(H2,24,26)/t19-/m0/s1. The SMILES string of the molecule is NC(=O)[C@@H](Oc1cc2c3c(c1)nc(-c1ccc4oc(N)nc4c1)n3CCCO2)C1CC1. The Balaban J connectivity index is 1.48. The van der Waals surface area contributed by atoms with Crippen LogP contribution in [0.2, 0.25) is 0 Å². The Morgan fingerprint density at radius 1 is 1.19 bits per heavy atom. The van der Waals surface area contributed by atoms with E-state index in [1.807, 2.05) is 30.3 Å². The molecular weight excluding hydrogens is 398 g/mol.